The second kappa shape index (κ2) is 4.99. The lowest BCUT2D eigenvalue weighted by Crippen LogP contribution is -2.57. The lowest BCUT2D eigenvalue weighted by Gasteiger charge is -2.59. The quantitative estimate of drug-likeness (QED) is 0.803. The van der Waals surface area contributed by atoms with E-state index in [0.29, 0.717) is 11.5 Å². The molecule has 0 aliphatic heterocycles. The van der Waals surface area contributed by atoms with E-state index < -0.39 is 0 Å². The summed E-state index contributed by atoms with van der Waals surface area (Å²) in [4.78, 5) is 11.9. The lowest BCUT2D eigenvalue weighted by atomic mass is 9.48. The fraction of sp³-hybridized carbons (Fsp3) is 0.938. The third-order valence-corrected chi connectivity index (χ3v) is 5.89. The molecule has 0 spiro atoms. The number of nitrogens with one attached hydrogen (secondary N) is 2. The summed E-state index contributed by atoms with van der Waals surface area (Å²) in [5.41, 5.74) is 0.415. The molecule has 19 heavy (non-hydrogen) atoms. The molecule has 3 nitrogen and oxygen atoms in total. The zero-order valence-electron chi connectivity index (χ0n) is 12.4. The second-order valence-corrected chi connectivity index (χ2v) is 7.40. The molecule has 4 aliphatic carbocycles. The van der Waals surface area contributed by atoms with Crippen molar-refractivity contribution < 1.29 is 4.79 Å². The van der Waals surface area contributed by atoms with Crippen molar-refractivity contribution in [3.05, 3.63) is 0 Å². The molecule has 0 aromatic rings. The van der Waals surface area contributed by atoms with Crippen molar-refractivity contribution in [1.82, 2.24) is 10.6 Å². The summed E-state index contributed by atoms with van der Waals surface area (Å²) in [6, 6.07) is 0.364. The third kappa shape index (κ3) is 2.48. The largest absolute Gasteiger partial charge is 0.338 e. The maximum absolute atomic E-state index is 11.9. The Labute approximate surface area is 116 Å². The van der Waals surface area contributed by atoms with Crippen LogP contribution in [-0.4, -0.2) is 18.6 Å². The Kier molecular flexibility index (Phi) is 3.48. The number of hydrogen-bond acceptors (Lipinski definition) is 1. The number of amides is 2. The van der Waals surface area contributed by atoms with Gasteiger partial charge < -0.3 is 10.6 Å². The van der Waals surface area contributed by atoms with Gasteiger partial charge in [-0.15, -0.1) is 0 Å². The van der Waals surface area contributed by atoms with Crippen LogP contribution in [0, 0.1) is 23.2 Å². The average molecular weight is 264 g/mol. The molecule has 0 aromatic carbocycles. The van der Waals surface area contributed by atoms with Crippen molar-refractivity contribution in [2.45, 2.75) is 64.8 Å². The molecule has 3 heteroatoms. The molecular weight excluding hydrogens is 236 g/mol. The molecule has 4 bridgehead atoms. The molecule has 4 aliphatic rings. The fourth-order valence-electron chi connectivity index (χ4n) is 5.35. The summed E-state index contributed by atoms with van der Waals surface area (Å²) < 4.78 is 0. The van der Waals surface area contributed by atoms with E-state index >= 15 is 0 Å². The number of urea groups is 1. The predicted octanol–water partition coefficient (Wildman–Crippen LogP) is 3.30. The average Bonchev–Trinajstić information content (AvgIpc) is 2.34. The SMILES string of the molecule is CCCNC(=O)N[C@H](C)C12CC3CC(CC(C3)C1)C2. The predicted molar refractivity (Wildman–Crippen MR) is 76.9 cm³/mol. The Morgan fingerprint density at radius 2 is 1.68 bits per heavy atom. The summed E-state index contributed by atoms with van der Waals surface area (Å²) in [5, 5.41) is 6.17. The molecule has 0 radical (unpaired) electrons. The summed E-state index contributed by atoms with van der Waals surface area (Å²) in [6.45, 7) is 5.10. The van der Waals surface area contributed by atoms with Gasteiger partial charge in [-0.25, -0.2) is 4.79 Å². The number of rotatable bonds is 4. The van der Waals surface area contributed by atoms with Gasteiger partial charge >= 0.3 is 6.03 Å². The first kappa shape index (κ1) is 13.3. The van der Waals surface area contributed by atoms with E-state index in [1.165, 1.54) is 38.5 Å². The zero-order chi connectivity index (χ0) is 13.5. The van der Waals surface area contributed by atoms with Crippen LogP contribution in [0.2, 0.25) is 0 Å². The maximum Gasteiger partial charge on any atom is 0.315 e. The Bertz CT molecular complexity index is 317. The number of hydrogen-bond donors (Lipinski definition) is 2. The summed E-state index contributed by atoms with van der Waals surface area (Å²) in [6.07, 6.45) is 9.46. The van der Waals surface area contributed by atoms with E-state index in [1.807, 2.05) is 0 Å². The monoisotopic (exact) mass is 264 g/mol. The minimum atomic E-state index is 0.0325. The van der Waals surface area contributed by atoms with Crippen LogP contribution in [0.4, 0.5) is 4.79 Å². The third-order valence-electron chi connectivity index (χ3n) is 5.89. The van der Waals surface area contributed by atoms with Crippen molar-refractivity contribution in [1.29, 1.82) is 0 Å². The maximum atomic E-state index is 11.9. The Balaban J connectivity index is 1.63. The zero-order valence-corrected chi connectivity index (χ0v) is 12.4. The van der Waals surface area contributed by atoms with Gasteiger partial charge in [0.15, 0.2) is 0 Å². The van der Waals surface area contributed by atoms with E-state index in [4.69, 9.17) is 0 Å². The van der Waals surface area contributed by atoms with Crippen molar-refractivity contribution in [3.8, 4) is 0 Å². The summed E-state index contributed by atoms with van der Waals surface area (Å²) >= 11 is 0. The van der Waals surface area contributed by atoms with Gasteiger partial charge in [-0.3, -0.25) is 0 Å². The molecule has 0 aromatic heterocycles. The first-order valence-electron chi connectivity index (χ1n) is 8.15. The Morgan fingerprint density at radius 3 is 2.16 bits per heavy atom. The first-order valence-corrected chi connectivity index (χ1v) is 8.15. The molecule has 4 fully saturated rings. The van der Waals surface area contributed by atoms with E-state index in [9.17, 15) is 4.79 Å². The van der Waals surface area contributed by atoms with Crippen molar-refractivity contribution in [2.24, 2.45) is 23.2 Å². The van der Waals surface area contributed by atoms with Crippen LogP contribution in [0.25, 0.3) is 0 Å². The second-order valence-electron chi connectivity index (χ2n) is 7.40. The van der Waals surface area contributed by atoms with Crippen molar-refractivity contribution in [3.63, 3.8) is 0 Å². The van der Waals surface area contributed by atoms with Crippen molar-refractivity contribution in [2.75, 3.05) is 6.54 Å². The molecular formula is C16H28N2O. The molecule has 0 heterocycles. The first-order chi connectivity index (χ1) is 9.11. The van der Waals surface area contributed by atoms with Crippen LogP contribution in [0.15, 0.2) is 0 Å². The molecule has 4 rings (SSSR count). The highest BCUT2D eigenvalue weighted by Crippen LogP contribution is 2.61. The highest BCUT2D eigenvalue weighted by molar-refractivity contribution is 5.74. The fourth-order valence-corrected chi connectivity index (χ4v) is 5.35. The van der Waals surface area contributed by atoms with Crippen LogP contribution < -0.4 is 10.6 Å². The molecule has 0 unspecified atom stereocenters. The van der Waals surface area contributed by atoms with Gasteiger partial charge in [0.05, 0.1) is 0 Å². The number of carbonyl (C=O) groups excluding carboxylic acids is 1. The number of carbonyl (C=O) groups is 1. The van der Waals surface area contributed by atoms with Gasteiger partial charge in [-0.2, -0.15) is 0 Å². The molecule has 2 amide bonds. The molecule has 2 N–H and O–H groups in total. The highest BCUT2D eigenvalue weighted by atomic mass is 16.2. The van der Waals surface area contributed by atoms with Crippen molar-refractivity contribution >= 4 is 6.03 Å². The topological polar surface area (TPSA) is 41.1 Å². The minimum absolute atomic E-state index is 0.0325. The molecule has 4 saturated carbocycles. The Hall–Kier alpha value is -0.730. The molecule has 1 atom stereocenters. The van der Waals surface area contributed by atoms with Gasteiger partial charge in [-0.1, -0.05) is 6.92 Å². The minimum Gasteiger partial charge on any atom is -0.338 e. The van der Waals surface area contributed by atoms with Gasteiger partial charge in [0, 0.05) is 12.6 Å². The van der Waals surface area contributed by atoms with E-state index in [0.717, 1.165) is 30.7 Å². The van der Waals surface area contributed by atoms with Gasteiger partial charge in [0.25, 0.3) is 0 Å². The van der Waals surface area contributed by atoms with Gasteiger partial charge in [0.2, 0.25) is 0 Å². The van der Waals surface area contributed by atoms with Crippen LogP contribution in [-0.2, 0) is 0 Å². The normalized spacial score (nSPS) is 41.1. The van der Waals surface area contributed by atoms with Crippen LogP contribution >= 0.6 is 0 Å². The molecule has 0 saturated heterocycles. The van der Waals surface area contributed by atoms with Crippen LogP contribution in [0.3, 0.4) is 0 Å². The highest BCUT2D eigenvalue weighted by Gasteiger charge is 2.53. The summed E-state index contributed by atoms with van der Waals surface area (Å²) in [7, 11) is 0. The van der Waals surface area contributed by atoms with Gasteiger partial charge in [0.1, 0.15) is 0 Å². The van der Waals surface area contributed by atoms with Crippen LogP contribution in [0.1, 0.15) is 58.8 Å². The smallest absolute Gasteiger partial charge is 0.315 e. The van der Waals surface area contributed by atoms with Gasteiger partial charge in [-0.05, 0) is 75.0 Å². The summed E-state index contributed by atoms with van der Waals surface area (Å²) in [5.74, 6) is 2.86. The van der Waals surface area contributed by atoms with E-state index in [1.54, 1.807) is 0 Å². The van der Waals surface area contributed by atoms with E-state index in [2.05, 4.69) is 24.5 Å². The molecule has 108 valence electrons. The van der Waals surface area contributed by atoms with Crippen LogP contribution in [0.5, 0.6) is 0 Å². The lowest BCUT2D eigenvalue weighted by molar-refractivity contribution is -0.0682. The van der Waals surface area contributed by atoms with E-state index in [-0.39, 0.29) is 6.03 Å². The Morgan fingerprint density at radius 1 is 1.16 bits per heavy atom. The standard InChI is InChI=1S/C16H28N2O/c1-3-4-17-15(19)18-11(2)16-8-12-5-13(9-16)7-14(6-12)10-16/h11-14H,3-10H2,1-2H3,(H2,17,18,19)/t11-,12?,13?,14?,16?/m1/s1.